The van der Waals surface area contributed by atoms with Crippen molar-refractivity contribution in [2.45, 2.75) is 96.1 Å². The molecule has 1 aliphatic carbocycles. The fourth-order valence-corrected chi connectivity index (χ4v) is 7.36. The molecule has 3 aromatic rings. The third kappa shape index (κ3) is 8.83. The molecular weight excluding hydrogens is 632 g/mol. The Kier molecular flexibility index (Phi) is 11.4. The van der Waals surface area contributed by atoms with E-state index in [1.165, 1.54) is 0 Å². The molecule has 10 heteroatoms. The number of ether oxygens (including phenoxy) is 2. The number of alkyl carbamates (subject to hydrolysis) is 1. The van der Waals surface area contributed by atoms with Gasteiger partial charge in [-0.3, -0.25) is 14.4 Å². The molecule has 1 spiro atoms. The number of hydrogen-bond acceptors (Lipinski definition) is 6. The van der Waals surface area contributed by atoms with Crippen LogP contribution < -0.4 is 20.7 Å². The van der Waals surface area contributed by atoms with E-state index in [2.05, 4.69) is 16.0 Å². The maximum absolute atomic E-state index is 13.9. The monoisotopic (exact) mass is 680 g/mol. The molecule has 2 aliphatic heterocycles. The summed E-state index contributed by atoms with van der Waals surface area (Å²) in [6.45, 7) is 3.67. The number of piperidine rings is 1. The molecule has 50 heavy (non-hydrogen) atoms. The molecule has 0 aromatic heterocycles. The van der Waals surface area contributed by atoms with Crippen molar-refractivity contribution in [1.82, 2.24) is 20.9 Å². The van der Waals surface area contributed by atoms with E-state index in [-0.39, 0.29) is 49.3 Å². The molecule has 3 N–H and O–H groups in total. The van der Waals surface area contributed by atoms with Crippen LogP contribution in [0.5, 0.6) is 5.75 Å². The van der Waals surface area contributed by atoms with Crippen LogP contribution in [0.4, 0.5) is 4.79 Å². The molecule has 1 saturated heterocycles. The van der Waals surface area contributed by atoms with E-state index in [9.17, 15) is 19.2 Å². The summed E-state index contributed by atoms with van der Waals surface area (Å²) < 4.78 is 12.0. The Morgan fingerprint density at radius 3 is 2.44 bits per heavy atom. The lowest BCUT2D eigenvalue weighted by molar-refractivity contribution is -0.143. The normalized spacial score (nSPS) is 24.5. The van der Waals surface area contributed by atoms with E-state index < -0.39 is 24.1 Å². The molecule has 2 heterocycles. The van der Waals surface area contributed by atoms with E-state index >= 15 is 0 Å². The van der Waals surface area contributed by atoms with Crippen LogP contribution in [0, 0.1) is 12.3 Å². The van der Waals surface area contributed by atoms with E-state index in [1.54, 1.807) is 0 Å². The number of fused-ring (bicyclic) bond motifs is 3. The summed E-state index contributed by atoms with van der Waals surface area (Å²) in [4.78, 5) is 56.1. The number of nitrogens with zero attached hydrogens (tertiary/aromatic N) is 1. The van der Waals surface area contributed by atoms with Gasteiger partial charge in [0.25, 0.3) is 0 Å². The zero-order valence-electron chi connectivity index (χ0n) is 28.8. The van der Waals surface area contributed by atoms with Crippen LogP contribution in [0.3, 0.4) is 0 Å². The largest absolute Gasteiger partial charge is 0.490 e. The summed E-state index contributed by atoms with van der Waals surface area (Å²) in [5.74, 6) is -0.0254. The fraction of sp³-hybridized carbons (Fsp3) is 0.450. The standard InChI is InChI=1S/C40H48N4O6/c1-28-16-18-32-24-31(28)25-41-37(46)34(19-17-29-10-4-2-5-11-29)42-38(47)33(43-39(48)49-26-30-12-6-3-7-13-30)14-8-15-36(45)44-23-9-21-40(27-44)22-20-35(40)50-32/h2-7,10-13,16,18,24,33-35H,8-9,14-15,17,19-23,25-27H2,1H3,(H,41,46)(H,42,47)(H,43,48)/t33-,34-,35?,40?/m0/s1. The fourth-order valence-electron chi connectivity index (χ4n) is 7.36. The number of aryl methyl sites for hydroxylation is 2. The van der Waals surface area contributed by atoms with Crippen molar-refractivity contribution in [3.8, 4) is 5.75 Å². The van der Waals surface area contributed by atoms with Crippen molar-refractivity contribution in [3.05, 3.63) is 101 Å². The SMILES string of the molecule is Cc1ccc2cc1CNC(=O)[C@H](CCc1ccccc1)NC(=O)[C@@H](NC(=O)OCc1ccccc1)CCCC(=O)N1CCCC3(CCC3O2)C1. The van der Waals surface area contributed by atoms with Crippen molar-refractivity contribution in [2.75, 3.05) is 13.1 Å². The number of carbonyl (C=O) groups excluding carboxylic acids is 4. The molecule has 2 fully saturated rings. The van der Waals surface area contributed by atoms with Gasteiger partial charge in [-0.25, -0.2) is 4.79 Å². The molecule has 4 amide bonds. The number of hydrogen-bond donors (Lipinski definition) is 3. The first kappa shape index (κ1) is 35.0. The van der Waals surface area contributed by atoms with Gasteiger partial charge in [0, 0.05) is 31.5 Å². The maximum atomic E-state index is 13.9. The summed E-state index contributed by atoms with van der Waals surface area (Å²) in [5.41, 5.74) is 3.72. The average molecular weight is 681 g/mol. The maximum Gasteiger partial charge on any atom is 0.408 e. The summed E-state index contributed by atoms with van der Waals surface area (Å²) >= 11 is 0. The van der Waals surface area contributed by atoms with Crippen LogP contribution in [0.15, 0.2) is 78.9 Å². The molecule has 3 aliphatic rings. The Hall–Kier alpha value is -4.86. The van der Waals surface area contributed by atoms with Gasteiger partial charge in [0.15, 0.2) is 0 Å². The Bertz CT molecular complexity index is 1650. The number of benzene rings is 3. The van der Waals surface area contributed by atoms with Gasteiger partial charge < -0.3 is 30.3 Å². The first-order chi connectivity index (χ1) is 24.3. The molecule has 3 aromatic carbocycles. The van der Waals surface area contributed by atoms with E-state index in [1.807, 2.05) is 90.7 Å². The molecule has 4 bridgehead atoms. The first-order valence-electron chi connectivity index (χ1n) is 17.9. The molecule has 264 valence electrons. The smallest absolute Gasteiger partial charge is 0.408 e. The van der Waals surface area contributed by atoms with Gasteiger partial charge in [-0.15, -0.1) is 0 Å². The highest BCUT2D eigenvalue weighted by Gasteiger charge is 2.51. The molecule has 10 nitrogen and oxygen atoms in total. The van der Waals surface area contributed by atoms with E-state index in [4.69, 9.17) is 9.47 Å². The third-order valence-electron chi connectivity index (χ3n) is 10.5. The lowest BCUT2D eigenvalue weighted by atomic mass is 9.61. The highest BCUT2D eigenvalue weighted by atomic mass is 16.5. The Morgan fingerprint density at radius 1 is 0.940 bits per heavy atom. The number of amides is 4. The van der Waals surface area contributed by atoms with E-state index in [0.717, 1.165) is 53.7 Å². The number of nitrogens with one attached hydrogen (secondary N) is 3. The van der Waals surface area contributed by atoms with Gasteiger partial charge in [0.2, 0.25) is 17.7 Å². The second-order valence-electron chi connectivity index (χ2n) is 14.0. The molecule has 4 atom stereocenters. The first-order valence-corrected chi connectivity index (χ1v) is 17.9. The van der Waals surface area contributed by atoms with Gasteiger partial charge in [-0.05, 0) is 92.7 Å². The highest BCUT2D eigenvalue weighted by molar-refractivity contribution is 5.91. The van der Waals surface area contributed by atoms with Crippen LogP contribution in [-0.4, -0.2) is 60.0 Å². The number of rotatable bonds is 6. The van der Waals surface area contributed by atoms with E-state index in [0.29, 0.717) is 32.4 Å². The Labute approximate surface area is 294 Å². The van der Waals surface area contributed by atoms with Crippen LogP contribution in [-0.2, 0) is 38.7 Å². The predicted octanol–water partition coefficient (Wildman–Crippen LogP) is 5.36. The predicted molar refractivity (Wildman–Crippen MR) is 189 cm³/mol. The average Bonchev–Trinajstić information content (AvgIpc) is 3.14. The zero-order valence-corrected chi connectivity index (χ0v) is 28.8. The van der Waals surface area contributed by atoms with Crippen molar-refractivity contribution >= 4 is 23.8 Å². The molecule has 2 unspecified atom stereocenters. The second-order valence-corrected chi connectivity index (χ2v) is 14.0. The van der Waals surface area contributed by atoms with Crippen LogP contribution in [0.1, 0.15) is 73.6 Å². The molecule has 6 rings (SSSR count). The Balaban J connectivity index is 1.23. The van der Waals surface area contributed by atoms with Gasteiger partial charge >= 0.3 is 6.09 Å². The van der Waals surface area contributed by atoms with Crippen LogP contribution in [0.2, 0.25) is 0 Å². The second kappa shape index (κ2) is 16.2. The summed E-state index contributed by atoms with van der Waals surface area (Å²) in [6.07, 6.45) is 4.90. The highest BCUT2D eigenvalue weighted by Crippen LogP contribution is 2.49. The van der Waals surface area contributed by atoms with Gasteiger partial charge in [0.1, 0.15) is 30.5 Å². The minimum Gasteiger partial charge on any atom is -0.490 e. The summed E-state index contributed by atoms with van der Waals surface area (Å²) in [7, 11) is 0. The Morgan fingerprint density at radius 2 is 1.70 bits per heavy atom. The van der Waals surface area contributed by atoms with Crippen LogP contribution >= 0.6 is 0 Å². The minimum absolute atomic E-state index is 0.0185. The van der Waals surface area contributed by atoms with Crippen molar-refractivity contribution in [1.29, 1.82) is 0 Å². The quantitative estimate of drug-likeness (QED) is 0.322. The summed E-state index contributed by atoms with van der Waals surface area (Å²) in [5, 5.41) is 8.70. The summed E-state index contributed by atoms with van der Waals surface area (Å²) in [6, 6.07) is 23.2. The van der Waals surface area contributed by atoms with Gasteiger partial charge in [0.05, 0.1) is 0 Å². The molecular formula is C40H48N4O6. The van der Waals surface area contributed by atoms with Crippen molar-refractivity contribution < 1.29 is 28.7 Å². The minimum atomic E-state index is -1.00. The number of carbonyl (C=O) groups is 4. The zero-order chi connectivity index (χ0) is 34.9. The van der Waals surface area contributed by atoms with Crippen molar-refractivity contribution in [2.24, 2.45) is 5.41 Å². The molecule has 1 saturated carbocycles. The van der Waals surface area contributed by atoms with Crippen LogP contribution in [0.25, 0.3) is 0 Å². The topological polar surface area (TPSA) is 126 Å². The lowest BCUT2D eigenvalue weighted by Gasteiger charge is -2.54. The third-order valence-corrected chi connectivity index (χ3v) is 10.5. The lowest BCUT2D eigenvalue weighted by Crippen LogP contribution is -2.58. The van der Waals surface area contributed by atoms with Crippen molar-refractivity contribution in [3.63, 3.8) is 0 Å². The van der Waals surface area contributed by atoms with Gasteiger partial charge in [-0.2, -0.15) is 0 Å². The van der Waals surface area contributed by atoms with Gasteiger partial charge in [-0.1, -0.05) is 66.7 Å². The molecule has 0 radical (unpaired) electrons.